The summed E-state index contributed by atoms with van der Waals surface area (Å²) >= 11 is 0. The van der Waals surface area contributed by atoms with Crippen LogP contribution in [0, 0.1) is 40.4 Å². The summed E-state index contributed by atoms with van der Waals surface area (Å²) in [6, 6.07) is 0. The molecular weight excluding hydrogens is 410 g/mol. The molecule has 2 aliphatic heterocycles. The minimum atomic E-state index is -0.642. The standard InChI is InChI=1S/C25H39NO6/c1-22-13-18(27)21-16(17(22)6-7-19(22)24(3)29-8-9-30-24)5-4-15-12-25(31-10-11-32-25)14-20(26-28)23(15,21)2/h15-19,21,27-28H,4-14H2,1-3H3/b26-20-/t15-,16+,17+,18-,19-,21-,22+,23-/m1/s1. The number of nitrogens with zero attached hydrogens (tertiary/aromatic N) is 1. The summed E-state index contributed by atoms with van der Waals surface area (Å²) in [4.78, 5) is 0. The van der Waals surface area contributed by atoms with Gasteiger partial charge in [-0.1, -0.05) is 19.0 Å². The molecule has 1 spiro atoms. The normalized spacial score (nSPS) is 52.7. The van der Waals surface area contributed by atoms with Crippen LogP contribution in [0.5, 0.6) is 0 Å². The van der Waals surface area contributed by atoms with Gasteiger partial charge in [0.15, 0.2) is 11.6 Å². The van der Waals surface area contributed by atoms with E-state index in [-0.39, 0.29) is 22.7 Å². The monoisotopic (exact) mass is 449 g/mol. The van der Waals surface area contributed by atoms with E-state index in [0.29, 0.717) is 50.6 Å². The van der Waals surface area contributed by atoms with Gasteiger partial charge in [0.1, 0.15) is 0 Å². The highest BCUT2D eigenvalue weighted by Crippen LogP contribution is 2.69. The highest BCUT2D eigenvalue weighted by molar-refractivity contribution is 5.92. The molecule has 2 heterocycles. The lowest BCUT2D eigenvalue weighted by atomic mass is 9.43. The molecule has 7 heteroatoms. The largest absolute Gasteiger partial charge is 0.411 e. The molecule has 6 aliphatic rings. The van der Waals surface area contributed by atoms with Crippen molar-refractivity contribution in [3.8, 4) is 0 Å². The molecule has 4 aliphatic carbocycles. The third kappa shape index (κ3) is 2.75. The van der Waals surface area contributed by atoms with E-state index in [1.54, 1.807) is 0 Å². The van der Waals surface area contributed by atoms with Gasteiger partial charge >= 0.3 is 0 Å². The highest BCUT2D eigenvalue weighted by Gasteiger charge is 2.68. The Morgan fingerprint density at radius 1 is 0.875 bits per heavy atom. The van der Waals surface area contributed by atoms with Crippen LogP contribution in [-0.4, -0.2) is 60.1 Å². The van der Waals surface area contributed by atoms with Crippen LogP contribution in [0.1, 0.15) is 65.7 Å². The lowest BCUT2D eigenvalue weighted by Gasteiger charge is -2.63. The quantitative estimate of drug-likeness (QED) is 0.470. The molecule has 0 aromatic carbocycles. The Balaban J connectivity index is 1.34. The molecule has 6 rings (SSSR count). The number of aliphatic hydroxyl groups is 1. The second kappa shape index (κ2) is 7.14. The van der Waals surface area contributed by atoms with Crippen molar-refractivity contribution >= 4 is 5.71 Å². The summed E-state index contributed by atoms with van der Waals surface area (Å²) in [6.07, 6.45) is 6.03. The Kier molecular flexibility index (Phi) is 4.86. The maximum atomic E-state index is 11.8. The average molecular weight is 450 g/mol. The molecule has 6 fully saturated rings. The first-order valence-electron chi connectivity index (χ1n) is 12.7. The number of rotatable bonds is 1. The lowest BCUT2D eigenvalue weighted by molar-refractivity contribution is -0.233. The molecule has 4 saturated carbocycles. The van der Waals surface area contributed by atoms with Crippen LogP contribution in [0.25, 0.3) is 0 Å². The Morgan fingerprint density at radius 3 is 2.25 bits per heavy atom. The zero-order valence-electron chi connectivity index (χ0n) is 19.7. The van der Waals surface area contributed by atoms with Crippen molar-refractivity contribution in [1.29, 1.82) is 0 Å². The molecule has 0 aromatic heterocycles. The van der Waals surface area contributed by atoms with Crippen LogP contribution in [-0.2, 0) is 18.9 Å². The smallest absolute Gasteiger partial charge is 0.174 e. The predicted molar refractivity (Wildman–Crippen MR) is 116 cm³/mol. The summed E-state index contributed by atoms with van der Waals surface area (Å²) in [6.45, 7) is 9.23. The van der Waals surface area contributed by atoms with E-state index in [4.69, 9.17) is 18.9 Å². The number of hydrogen-bond donors (Lipinski definition) is 2. The highest BCUT2D eigenvalue weighted by atomic mass is 16.7. The van der Waals surface area contributed by atoms with Gasteiger partial charge in [-0.25, -0.2) is 0 Å². The van der Waals surface area contributed by atoms with E-state index >= 15 is 0 Å². The average Bonchev–Trinajstić information content (AvgIpc) is 3.47. The molecule has 0 radical (unpaired) electrons. The second-order valence-corrected chi connectivity index (χ2v) is 12.0. The van der Waals surface area contributed by atoms with Gasteiger partial charge in [0.05, 0.1) is 38.2 Å². The van der Waals surface area contributed by atoms with Crippen molar-refractivity contribution < 1.29 is 29.3 Å². The first-order chi connectivity index (χ1) is 15.3. The molecular formula is C25H39NO6. The second-order valence-electron chi connectivity index (χ2n) is 12.0. The number of hydrogen-bond acceptors (Lipinski definition) is 7. The third-order valence-corrected chi connectivity index (χ3v) is 10.9. The zero-order chi connectivity index (χ0) is 22.4. The maximum absolute atomic E-state index is 11.8. The van der Waals surface area contributed by atoms with Crippen molar-refractivity contribution in [3.05, 3.63) is 0 Å². The topological polar surface area (TPSA) is 89.7 Å². The van der Waals surface area contributed by atoms with E-state index in [1.165, 1.54) is 0 Å². The lowest BCUT2D eigenvalue weighted by Crippen LogP contribution is -2.64. The molecule has 7 nitrogen and oxygen atoms in total. The van der Waals surface area contributed by atoms with Crippen molar-refractivity contribution in [2.75, 3.05) is 26.4 Å². The zero-order valence-corrected chi connectivity index (χ0v) is 19.7. The summed E-state index contributed by atoms with van der Waals surface area (Å²) in [7, 11) is 0. The Hall–Kier alpha value is -0.730. The fourth-order valence-corrected chi connectivity index (χ4v) is 9.65. The summed E-state index contributed by atoms with van der Waals surface area (Å²) in [5.74, 6) is 0.441. The summed E-state index contributed by atoms with van der Waals surface area (Å²) < 4.78 is 24.3. The fourth-order valence-electron chi connectivity index (χ4n) is 9.65. The van der Waals surface area contributed by atoms with E-state index in [1.807, 2.05) is 0 Å². The molecule has 0 aromatic rings. The Morgan fingerprint density at radius 2 is 1.56 bits per heavy atom. The molecule has 8 atom stereocenters. The van der Waals surface area contributed by atoms with Crippen LogP contribution in [0.15, 0.2) is 5.16 Å². The van der Waals surface area contributed by atoms with E-state index in [9.17, 15) is 10.3 Å². The van der Waals surface area contributed by atoms with E-state index < -0.39 is 17.7 Å². The summed E-state index contributed by atoms with van der Waals surface area (Å²) in [5.41, 5.74) is 0.422. The van der Waals surface area contributed by atoms with Crippen molar-refractivity contribution in [2.24, 2.45) is 45.6 Å². The number of aliphatic hydroxyl groups excluding tert-OH is 1. The number of oxime groups is 1. The molecule has 2 saturated heterocycles. The van der Waals surface area contributed by atoms with Gasteiger partial charge in [0, 0.05) is 24.2 Å². The SMILES string of the molecule is CC1([C@@H]2CC[C@H]3[C@@H]4CC[C@@H]5CC6(C/C(=N/O)[C@]5(C)[C@H]4[C@H](O)C[C@@]32C)OCCO6)OCCO1. The molecule has 180 valence electrons. The third-order valence-electron chi connectivity index (χ3n) is 10.9. The minimum absolute atomic E-state index is 0.00699. The van der Waals surface area contributed by atoms with Gasteiger partial charge in [0.2, 0.25) is 0 Å². The molecule has 0 amide bonds. The van der Waals surface area contributed by atoms with E-state index in [2.05, 4.69) is 25.9 Å². The van der Waals surface area contributed by atoms with E-state index in [0.717, 1.165) is 44.2 Å². The van der Waals surface area contributed by atoms with Gasteiger partial charge in [-0.15, -0.1) is 0 Å². The maximum Gasteiger partial charge on any atom is 0.174 e. The van der Waals surface area contributed by atoms with Gasteiger partial charge in [0.25, 0.3) is 0 Å². The van der Waals surface area contributed by atoms with Gasteiger partial charge in [-0.2, -0.15) is 0 Å². The van der Waals surface area contributed by atoms with Crippen LogP contribution < -0.4 is 0 Å². The van der Waals surface area contributed by atoms with Crippen LogP contribution in [0.4, 0.5) is 0 Å². The fraction of sp³-hybridized carbons (Fsp3) is 0.960. The molecule has 32 heavy (non-hydrogen) atoms. The van der Waals surface area contributed by atoms with Crippen LogP contribution >= 0.6 is 0 Å². The number of fused-ring (bicyclic) bond motifs is 5. The van der Waals surface area contributed by atoms with Crippen molar-refractivity contribution in [2.45, 2.75) is 83.4 Å². The first kappa shape index (κ1) is 21.8. The van der Waals surface area contributed by atoms with Gasteiger partial charge in [-0.05, 0) is 68.1 Å². The minimum Gasteiger partial charge on any atom is -0.411 e. The van der Waals surface area contributed by atoms with Gasteiger partial charge in [-0.3, -0.25) is 0 Å². The first-order valence-corrected chi connectivity index (χ1v) is 12.7. The Bertz CT molecular complexity index is 789. The van der Waals surface area contributed by atoms with Gasteiger partial charge < -0.3 is 29.3 Å². The van der Waals surface area contributed by atoms with Crippen molar-refractivity contribution in [1.82, 2.24) is 0 Å². The summed E-state index contributed by atoms with van der Waals surface area (Å²) in [5, 5.41) is 25.7. The van der Waals surface area contributed by atoms with Crippen molar-refractivity contribution in [3.63, 3.8) is 0 Å². The van der Waals surface area contributed by atoms with Crippen LogP contribution in [0.3, 0.4) is 0 Å². The van der Waals surface area contributed by atoms with Crippen LogP contribution in [0.2, 0.25) is 0 Å². The molecule has 2 N–H and O–H groups in total. The number of ether oxygens (including phenoxy) is 4. The molecule has 0 bridgehead atoms. The predicted octanol–water partition coefficient (Wildman–Crippen LogP) is 3.56. The molecule has 0 unspecified atom stereocenters. The Labute approximate surface area is 190 Å².